The van der Waals surface area contributed by atoms with E-state index in [1.54, 1.807) is 0 Å². The van der Waals surface area contributed by atoms with Crippen molar-refractivity contribution < 1.29 is 9.53 Å². The van der Waals surface area contributed by atoms with Gasteiger partial charge >= 0.3 is 0 Å². The molecular weight excluding hydrogens is 278 g/mol. The van der Waals surface area contributed by atoms with Crippen LogP contribution in [-0.4, -0.2) is 35.6 Å². The molecule has 0 bridgehead atoms. The Labute approximate surface area is 131 Å². The van der Waals surface area contributed by atoms with E-state index in [1.165, 1.54) is 17.7 Å². The Morgan fingerprint density at radius 1 is 1.32 bits per heavy atom. The first-order valence-electron chi connectivity index (χ1n) is 8.42. The first-order valence-corrected chi connectivity index (χ1v) is 8.42. The number of aryl methyl sites for hydroxylation is 2. The zero-order valence-corrected chi connectivity index (χ0v) is 13.4. The van der Waals surface area contributed by atoms with Crippen LogP contribution in [0.3, 0.4) is 0 Å². The fourth-order valence-electron chi connectivity index (χ4n) is 3.41. The van der Waals surface area contributed by atoms with Gasteiger partial charge in [0.25, 0.3) is 0 Å². The van der Waals surface area contributed by atoms with Crippen molar-refractivity contribution in [2.24, 2.45) is 5.92 Å². The number of carbonyl (C=O) groups is 1. The summed E-state index contributed by atoms with van der Waals surface area (Å²) in [6, 6.07) is 0. The first kappa shape index (κ1) is 15.4. The number of nitrogens with one attached hydrogen (secondary N) is 1. The van der Waals surface area contributed by atoms with Gasteiger partial charge in [0.2, 0.25) is 5.91 Å². The minimum atomic E-state index is 0.119. The van der Waals surface area contributed by atoms with Crippen molar-refractivity contribution in [3.8, 4) is 0 Å². The normalized spacial score (nSPS) is 20.7. The van der Waals surface area contributed by atoms with Gasteiger partial charge in [-0.1, -0.05) is 0 Å². The second-order valence-electron chi connectivity index (χ2n) is 6.39. The summed E-state index contributed by atoms with van der Waals surface area (Å²) < 4.78 is 5.41. The Morgan fingerprint density at radius 2 is 2.23 bits per heavy atom. The molecule has 5 nitrogen and oxygen atoms in total. The molecule has 1 saturated heterocycles. The van der Waals surface area contributed by atoms with Crippen LogP contribution in [0, 0.1) is 12.8 Å². The molecule has 3 rings (SSSR count). The van der Waals surface area contributed by atoms with Crippen LogP contribution in [0.5, 0.6) is 0 Å². The first-order chi connectivity index (χ1) is 10.7. The van der Waals surface area contributed by atoms with Crippen LogP contribution in [0.4, 0.5) is 0 Å². The third-order valence-electron chi connectivity index (χ3n) is 4.59. The van der Waals surface area contributed by atoms with Crippen LogP contribution in [0.15, 0.2) is 0 Å². The fraction of sp³-hybridized carbons (Fsp3) is 0.706. The summed E-state index contributed by atoms with van der Waals surface area (Å²) in [4.78, 5) is 21.2. The average molecular weight is 303 g/mol. The third kappa shape index (κ3) is 3.83. The molecule has 1 aromatic rings. The lowest BCUT2D eigenvalue weighted by Crippen LogP contribution is -2.30. The van der Waals surface area contributed by atoms with E-state index in [2.05, 4.69) is 22.2 Å². The molecule has 5 heteroatoms. The van der Waals surface area contributed by atoms with Crippen LogP contribution in [-0.2, 0) is 28.8 Å². The SMILES string of the molecule is Cc1nc(CCNC(=O)C[C@H]2CCCOC2)nc2c1CCC2. The van der Waals surface area contributed by atoms with E-state index in [-0.39, 0.29) is 5.91 Å². The van der Waals surface area contributed by atoms with Crippen molar-refractivity contribution in [2.75, 3.05) is 19.8 Å². The highest BCUT2D eigenvalue weighted by molar-refractivity contribution is 5.76. The fourth-order valence-corrected chi connectivity index (χ4v) is 3.41. The second kappa shape index (κ2) is 7.18. The van der Waals surface area contributed by atoms with Crippen molar-refractivity contribution in [2.45, 2.75) is 51.9 Å². The third-order valence-corrected chi connectivity index (χ3v) is 4.59. The zero-order valence-electron chi connectivity index (χ0n) is 13.4. The largest absolute Gasteiger partial charge is 0.381 e. The topological polar surface area (TPSA) is 64.1 Å². The van der Waals surface area contributed by atoms with Crippen LogP contribution in [0.1, 0.15) is 48.5 Å². The lowest BCUT2D eigenvalue weighted by atomic mass is 9.98. The Morgan fingerprint density at radius 3 is 3.05 bits per heavy atom. The summed E-state index contributed by atoms with van der Waals surface area (Å²) in [7, 11) is 0. The molecule has 0 spiro atoms. The smallest absolute Gasteiger partial charge is 0.220 e. The molecule has 0 unspecified atom stereocenters. The number of fused-ring (bicyclic) bond motifs is 1. The van der Waals surface area contributed by atoms with Gasteiger partial charge in [0, 0.05) is 44.0 Å². The van der Waals surface area contributed by atoms with E-state index in [4.69, 9.17) is 4.74 Å². The molecule has 2 aliphatic rings. The Balaban J connectivity index is 1.44. The molecular formula is C17H25N3O2. The molecule has 1 fully saturated rings. The maximum Gasteiger partial charge on any atom is 0.220 e. The van der Waals surface area contributed by atoms with Gasteiger partial charge in [-0.25, -0.2) is 9.97 Å². The minimum Gasteiger partial charge on any atom is -0.381 e. The van der Waals surface area contributed by atoms with Gasteiger partial charge in [-0.05, 0) is 50.5 Å². The molecule has 0 saturated carbocycles. The molecule has 0 aromatic carbocycles. The van der Waals surface area contributed by atoms with Crippen molar-refractivity contribution in [1.29, 1.82) is 0 Å². The molecule has 1 atom stereocenters. The Kier molecular flexibility index (Phi) is 5.03. The van der Waals surface area contributed by atoms with Gasteiger partial charge in [0.1, 0.15) is 5.82 Å². The van der Waals surface area contributed by atoms with E-state index in [0.29, 0.717) is 25.3 Å². The number of amides is 1. The van der Waals surface area contributed by atoms with Crippen molar-refractivity contribution in [3.63, 3.8) is 0 Å². The molecule has 1 amide bonds. The van der Waals surface area contributed by atoms with Crippen molar-refractivity contribution >= 4 is 5.91 Å². The second-order valence-corrected chi connectivity index (χ2v) is 6.39. The van der Waals surface area contributed by atoms with Gasteiger partial charge in [-0.15, -0.1) is 0 Å². The summed E-state index contributed by atoms with van der Waals surface area (Å²) in [6.45, 7) is 4.25. The number of hydrogen-bond acceptors (Lipinski definition) is 4. The molecule has 2 heterocycles. The van der Waals surface area contributed by atoms with Gasteiger partial charge in [-0.3, -0.25) is 4.79 Å². The summed E-state index contributed by atoms with van der Waals surface area (Å²) in [6.07, 6.45) is 6.82. The van der Waals surface area contributed by atoms with Crippen molar-refractivity contribution in [1.82, 2.24) is 15.3 Å². The Bertz CT molecular complexity index is 539. The molecule has 120 valence electrons. The Hall–Kier alpha value is -1.49. The maximum absolute atomic E-state index is 11.9. The van der Waals surface area contributed by atoms with E-state index in [0.717, 1.165) is 50.4 Å². The summed E-state index contributed by atoms with van der Waals surface area (Å²) in [5, 5.41) is 2.99. The van der Waals surface area contributed by atoms with E-state index >= 15 is 0 Å². The van der Waals surface area contributed by atoms with E-state index in [9.17, 15) is 4.79 Å². The monoisotopic (exact) mass is 303 g/mol. The van der Waals surface area contributed by atoms with Crippen LogP contribution in [0.25, 0.3) is 0 Å². The average Bonchev–Trinajstić information content (AvgIpc) is 2.97. The number of carbonyl (C=O) groups excluding carboxylic acids is 1. The molecule has 22 heavy (non-hydrogen) atoms. The summed E-state index contributed by atoms with van der Waals surface area (Å²) >= 11 is 0. The molecule has 1 aliphatic heterocycles. The summed E-state index contributed by atoms with van der Waals surface area (Å²) in [5.41, 5.74) is 3.67. The molecule has 0 radical (unpaired) electrons. The minimum absolute atomic E-state index is 0.119. The lowest BCUT2D eigenvalue weighted by molar-refractivity contribution is -0.123. The highest BCUT2D eigenvalue weighted by atomic mass is 16.5. The number of hydrogen-bond donors (Lipinski definition) is 1. The van der Waals surface area contributed by atoms with Crippen molar-refractivity contribution in [3.05, 3.63) is 22.8 Å². The number of ether oxygens (including phenoxy) is 1. The zero-order chi connectivity index (χ0) is 15.4. The predicted octanol–water partition coefficient (Wildman–Crippen LogP) is 1.75. The maximum atomic E-state index is 11.9. The van der Waals surface area contributed by atoms with E-state index < -0.39 is 0 Å². The highest BCUT2D eigenvalue weighted by Gasteiger charge is 2.18. The predicted molar refractivity (Wildman–Crippen MR) is 83.7 cm³/mol. The van der Waals surface area contributed by atoms with Gasteiger partial charge in [0.15, 0.2) is 0 Å². The van der Waals surface area contributed by atoms with E-state index in [1.807, 2.05) is 0 Å². The lowest BCUT2D eigenvalue weighted by Gasteiger charge is -2.21. The standard InChI is InChI=1S/C17H25N3O2/c1-12-14-5-2-6-15(14)20-16(19-12)7-8-18-17(21)10-13-4-3-9-22-11-13/h13H,2-11H2,1H3,(H,18,21)/t13-/m1/s1. The number of nitrogens with zero attached hydrogens (tertiary/aromatic N) is 2. The van der Waals surface area contributed by atoms with Crippen LogP contribution in [0.2, 0.25) is 0 Å². The van der Waals surface area contributed by atoms with Gasteiger partial charge < -0.3 is 10.1 Å². The molecule has 1 aromatic heterocycles. The van der Waals surface area contributed by atoms with Gasteiger partial charge in [-0.2, -0.15) is 0 Å². The van der Waals surface area contributed by atoms with Crippen LogP contribution >= 0.6 is 0 Å². The highest BCUT2D eigenvalue weighted by Crippen LogP contribution is 2.22. The molecule has 1 aliphatic carbocycles. The number of rotatable bonds is 5. The number of aromatic nitrogens is 2. The summed E-state index contributed by atoms with van der Waals surface area (Å²) in [5.74, 6) is 1.36. The molecule has 1 N–H and O–H groups in total. The van der Waals surface area contributed by atoms with Crippen LogP contribution < -0.4 is 5.32 Å². The van der Waals surface area contributed by atoms with Gasteiger partial charge in [0.05, 0.1) is 0 Å². The quantitative estimate of drug-likeness (QED) is 0.900.